The molecule has 3 fully saturated rings. The Morgan fingerprint density at radius 1 is 0.833 bits per heavy atom. The zero-order valence-corrected chi connectivity index (χ0v) is 21.1. The van der Waals surface area contributed by atoms with Crippen LogP contribution in [0.15, 0.2) is 33.9 Å². The smallest absolute Gasteiger partial charge is 0.328 e. The summed E-state index contributed by atoms with van der Waals surface area (Å²) in [7, 11) is 0. The maximum absolute atomic E-state index is 13.2. The zero-order chi connectivity index (χ0) is 25.1. The molecule has 2 heterocycles. The molecular formula is C28H38N4O4. The predicted octanol–water partition coefficient (Wildman–Crippen LogP) is 3.14. The third-order valence-electron chi connectivity index (χ3n) is 8.71. The van der Waals surface area contributed by atoms with E-state index in [0.29, 0.717) is 50.0 Å². The summed E-state index contributed by atoms with van der Waals surface area (Å²) in [6.45, 7) is 2.91. The molecule has 2 saturated carbocycles. The number of nitrogens with zero attached hydrogens (tertiary/aromatic N) is 3. The number of carbonyl (C=O) groups excluding carboxylic acids is 2. The Balaban J connectivity index is 1.09. The molecule has 36 heavy (non-hydrogen) atoms. The van der Waals surface area contributed by atoms with Crippen molar-refractivity contribution in [2.45, 2.75) is 70.8 Å². The second-order valence-electron chi connectivity index (χ2n) is 11.0. The van der Waals surface area contributed by atoms with E-state index in [9.17, 15) is 19.2 Å². The van der Waals surface area contributed by atoms with E-state index in [1.807, 2.05) is 9.80 Å². The second kappa shape index (κ2) is 11.0. The summed E-state index contributed by atoms with van der Waals surface area (Å²) in [5.74, 6) is 1.38. The molecule has 0 unspecified atom stereocenters. The van der Waals surface area contributed by atoms with E-state index in [1.54, 1.807) is 24.3 Å². The summed E-state index contributed by atoms with van der Waals surface area (Å²) in [6, 6.07) is 7.08. The summed E-state index contributed by atoms with van der Waals surface area (Å²) >= 11 is 0. The monoisotopic (exact) mass is 494 g/mol. The summed E-state index contributed by atoms with van der Waals surface area (Å²) in [4.78, 5) is 57.8. The first-order chi connectivity index (χ1) is 17.5. The lowest BCUT2D eigenvalue weighted by Crippen LogP contribution is -2.52. The number of aromatic amines is 1. The summed E-state index contributed by atoms with van der Waals surface area (Å²) < 4.78 is 1.32. The van der Waals surface area contributed by atoms with Crippen molar-refractivity contribution >= 4 is 22.7 Å². The minimum atomic E-state index is -0.368. The third-order valence-corrected chi connectivity index (χ3v) is 8.71. The highest BCUT2D eigenvalue weighted by Crippen LogP contribution is 2.31. The molecule has 1 aromatic carbocycles. The Morgan fingerprint density at radius 2 is 1.50 bits per heavy atom. The molecule has 1 saturated heterocycles. The van der Waals surface area contributed by atoms with Gasteiger partial charge in [0.15, 0.2) is 0 Å². The lowest BCUT2D eigenvalue weighted by atomic mass is 9.81. The second-order valence-corrected chi connectivity index (χ2v) is 11.0. The van der Waals surface area contributed by atoms with Crippen molar-refractivity contribution in [2.75, 3.05) is 26.2 Å². The van der Waals surface area contributed by atoms with Crippen LogP contribution in [0.3, 0.4) is 0 Å². The number of rotatable bonds is 6. The number of benzene rings is 1. The fourth-order valence-electron chi connectivity index (χ4n) is 6.43. The quantitative estimate of drug-likeness (QED) is 0.667. The van der Waals surface area contributed by atoms with Crippen LogP contribution in [-0.2, 0) is 16.1 Å². The van der Waals surface area contributed by atoms with E-state index in [2.05, 4.69) is 4.98 Å². The van der Waals surface area contributed by atoms with Gasteiger partial charge in [0.05, 0.1) is 10.9 Å². The highest BCUT2D eigenvalue weighted by atomic mass is 16.2. The Hall–Kier alpha value is -2.90. The molecule has 0 spiro atoms. The standard InChI is InChI=1S/C28H38N4O4/c33-25(14-11-20-5-1-2-6-20)30-15-17-31(18-16-30)26(34)22-12-9-21(10-13-22)19-32-27(35)23-7-3-4-8-24(23)29-28(32)36/h3-4,7-8,20-22H,1-2,5-6,9-19H2,(H,29,36). The Morgan fingerprint density at radius 3 is 2.22 bits per heavy atom. The van der Waals surface area contributed by atoms with Crippen molar-refractivity contribution < 1.29 is 9.59 Å². The number of fused-ring (bicyclic) bond motifs is 1. The van der Waals surface area contributed by atoms with Gasteiger partial charge < -0.3 is 14.8 Å². The van der Waals surface area contributed by atoms with Gasteiger partial charge in [-0.25, -0.2) is 4.79 Å². The van der Waals surface area contributed by atoms with Crippen LogP contribution in [0.5, 0.6) is 0 Å². The maximum atomic E-state index is 13.2. The zero-order valence-electron chi connectivity index (χ0n) is 21.1. The molecule has 0 radical (unpaired) electrons. The first-order valence-corrected chi connectivity index (χ1v) is 13.8. The Labute approximate surface area is 211 Å². The number of hydrogen-bond acceptors (Lipinski definition) is 4. The average molecular weight is 495 g/mol. The van der Waals surface area contributed by atoms with Crippen LogP contribution in [0.25, 0.3) is 10.9 Å². The molecule has 1 N–H and O–H groups in total. The maximum Gasteiger partial charge on any atom is 0.328 e. The number of nitrogens with one attached hydrogen (secondary N) is 1. The van der Waals surface area contributed by atoms with Gasteiger partial charge in [-0.15, -0.1) is 0 Å². The van der Waals surface area contributed by atoms with Crippen molar-refractivity contribution in [3.8, 4) is 0 Å². The number of aromatic nitrogens is 2. The van der Waals surface area contributed by atoms with E-state index in [0.717, 1.165) is 38.0 Å². The van der Waals surface area contributed by atoms with E-state index in [4.69, 9.17) is 0 Å². The van der Waals surface area contributed by atoms with Crippen LogP contribution in [0.2, 0.25) is 0 Å². The molecular weight excluding hydrogens is 456 g/mol. The van der Waals surface area contributed by atoms with Gasteiger partial charge in [0.25, 0.3) is 5.56 Å². The molecule has 2 amide bonds. The highest BCUT2D eigenvalue weighted by Gasteiger charge is 2.32. The minimum Gasteiger partial charge on any atom is -0.339 e. The van der Waals surface area contributed by atoms with Crippen molar-refractivity contribution in [1.29, 1.82) is 0 Å². The molecule has 194 valence electrons. The fraction of sp³-hybridized carbons (Fsp3) is 0.643. The van der Waals surface area contributed by atoms with Crippen LogP contribution in [0, 0.1) is 17.8 Å². The lowest BCUT2D eigenvalue weighted by molar-refractivity contribution is -0.143. The topological polar surface area (TPSA) is 95.5 Å². The van der Waals surface area contributed by atoms with Gasteiger partial charge in [0, 0.05) is 45.1 Å². The van der Waals surface area contributed by atoms with Crippen molar-refractivity contribution in [3.05, 3.63) is 45.1 Å². The fourth-order valence-corrected chi connectivity index (χ4v) is 6.43. The largest absolute Gasteiger partial charge is 0.339 e. The van der Waals surface area contributed by atoms with Gasteiger partial charge in [-0.05, 0) is 56.1 Å². The van der Waals surface area contributed by atoms with Gasteiger partial charge in [-0.1, -0.05) is 37.8 Å². The van der Waals surface area contributed by atoms with Gasteiger partial charge in [-0.2, -0.15) is 0 Å². The minimum absolute atomic E-state index is 0.00234. The molecule has 2 aromatic rings. The van der Waals surface area contributed by atoms with Crippen molar-refractivity contribution in [1.82, 2.24) is 19.4 Å². The number of hydrogen-bond donors (Lipinski definition) is 1. The van der Waals surface area contributed by atoms with E-state index < -0.39 is 0 Å². The van der Waals surface area contributed by atoms with E-state index in [-0.39, 0.29) is 34.9 Å². The summed E-state index contributed by atoms with van der Waals surface area (Å²) in [5.41, 5.74) is -0.0514. The van der Waals surface area contributed by atoms with Gasteiger partial charge in [0.2, 0.25) is 11.8 Å². The molecule has 1 aromatic heterocycles. The third kappa shape index (κ3) is 5.42. The molecule has 5 rings (SSSR count). The number of amides is 2. The molecule has 8 nitrogen and oxygen atoms in total. The number of para-hydroxylation sites is 1. The molecule has 8 heteroatoms. The Kier molecular flexibility index (Phi) is 7.58. The average Bonchev–Trinajstić information content (AvgIpc) is 3.43. The van der Waals surface area contributed by atoms with Gasteiger partial charge in [0.1, 0.15) is 0 Å². The van der Waals surface area contributed by atoms with Crippen molar-refractivity contribution in [2.24, 2.45) is 17.8 Å². The molecule has 0 bridgehead atoms. The van der Waals surface area contributed by atoms with Crippen LogP contribution in [-0.4, -0.2) is 57.3 Å². The Bertz CT molecular complexity index is 1200. The van der Waals surface area contributed by atoms with Crippen LogP contribution in [0.4, 0.5) is 0 Å². The molecule has 1 aliphatic heterocycles. The lowest BCUT2D eigenvalue weighted by Gasteiger charge is -2.38. The van der Waals surface area contributed by atoms with Crippen molar-refractivity contribution in [3.63, 3.8) is 0 Å². The molecule has 0 atom stereocenters. The van der Waals surface area contributed by atoms with Crippen LogP contribution in [0.1, 0.15) is 64.2 Å². The molecule has 2 aliphatic carbocycles. The first kappa shape index (κ1) is 24.8. The molecule has 3 aliphatic rings. The summed E-state index contributed by atoms with van der Waals surface area (Å²) in [6.07, 6.45) is 10.0. The normalized spacial score (nSPS) is 23.3. The van der Waals surface area contributed by atoms with Gasteiger partial charge >= 0.3 is 5.69 Å². The van der Waals surface area contributed by atoms with Crippen LogP contribution >= 0.6 is 0 Å². The summed E-state index contributed by atoms with van der Waals surface area (Å²) in [5, 5.41) is 0.525. The number of H-pyrrole nitrogens is 1. The predicted molar refractivity (Wildman–Crippen MR) is 139 cm³/mol. The van der Waals surface area contributed by atoms with E-state index >= 15 is 0 Å². The number of carbonyl (C=O) groups is 2. The number of piperazine rings is 1. The van der Waals surface area contributed by atoms with Crippen LogP contribution < -0.4 is 11.2 Å². The van der Waals surface area contributed by atoms with E-state index in [1.165, 1.54) is 30.3 Å². The first-order valence-electron chi connectivity index (χ1n) is 13.8. The SMILES string of the molecule is O=C(CCC1CCCC1)N1CCN(C(=O)C2CCC(Cn3c(=O)[nH]c4ccccc4c3=O)CC2)CC1. The highest BCUT2D eigenvalue weighted by molar-refractivity contribution is 5.80. The van der Waals surface area contributed by atoms with Gasteiger partial charge in [-0.3, -0.25) is 19.0 Å².